The van der Waals surface area contributed by atoms with Gasteiger partial charge in [-0.15, -0.1) is 5.10 Å². The Kier molecular flexibility index (Phi) is 9.66. The van der Waals surface area contributed by atoms with Crippen LogP contribution in [-0.4, -0.2) is 65.6 Å². The fourth-order valence-electron chi connectivity index (χ4n) is 8.94. The van der Waals surface area contributed by atoms with Crippen LogP contribution in [0.25, 0.3) is 16.8 Å². The van der Waals surface area contributed by atoms with Gasteiger partial charge in [-0.3, -0.25) is 9.69 Å². The number of aryl methyl sites for hydroxylation is 1. The molecule has 1 saturated heterocycles. The average molecular weight is 793 g/mol. The number of sulfonamides is 1. The van der Waals surface area contributed by atoms with Gasteiger partial charge in [0.2, 0.25) is 10.0 Å². The Hall–Kier alpha value is -5.44. The standard InChI is InChI=1S/C43H42F2N6O5S/c1-2-56-43(53)51-38-15-18-50(57(54,55)32-22-30(44)21-31(45)23-32)25-35(38)41(48-51)47-42(52)34-14-11-26(24-49-16-3-4-17-49)19-36(34)46-37-20-29-9-5-7-27-12-13-28-8-6-10-33(37)40(28)39(27)29/h5,7,9,11-14,19-23,33,46H,2-4,6,8,10,15-18,24-25H2,1H3,(H,47,48,52). The summed E-state index contributed by atoms with van der Waals surface area (Å²) in [6, 6.07) is 18.7. The number of ether oxygens (including phenoxy) is 1. The van der Waals surface area contributed by atoms with E-state index in [1.165, 1.54) is 21.9 Å². The van der Waals surface area contributed by atoms with Crippen molar-refractivity contribution in [1.82, 2.24) is 19.0 Å². The summed E-state index contributed by atoms with van der Waals surface area (Å²) in [4.78, 5) is 29.4. The van der Waals surface area contributed by atoms with Crippen LogP contribution in [0, 0.1) is 11.6 Å². The van der Waals surface area contributed by atoms with Gasteiger partial charge >= 0.3 is 6.09 Å². The molecule has 2 N–H and O–H groups in total. The number of hydrogen-bond acceptors (Lipinski definition) is 8. The summed E-state index contributed by atoms with van der Waals surface area (Å²) in [6.07, 6.45) is 6.76. The molecule has 9 rings (SSSR count). The molecule has 1 unspecified atom stereocenters. The van der Waals surface area contributed by atoms with Crippen molar-refractivity contribution in [2.24, 2.45) is 0 Å². The van der Waals surface area contributed by atoms with Crippen molar-refractivity contribution in [3.05, 3.63) is 123 Å². The molecule has 0 radical (unpaired) electrons. The molecule has 0 spiro atoms. The van der Waals surface area contributed by atoms with Crippen LogP contribution in [0.4, 0.5) is 25.1 Å². The second-order valence-electron chi connectivity index (χ2n) is 15.1. The van der Waals surface area contributed by atoms with Crippen LogP contribution >= 0.6 is 0 Å². The molecule has 14 heteroatoms. The number of rotatable bonds is 9. The molecule has 1 amide bonds. The first-order chi connectivity index (χ1) is 27.6. The van der Waals surface area contributed by atoms with Crippen molar-refractivity contribution >= 4 is 50.4 Å². The third kappa shape index (κ3) is 6.89. The highest BCUT2D eigenvalue weighted by atomic mass is 32.2. The Morgan fingerprint density at radius 2 is 1.75 bits per heavy atom. The van der Waals surface area contributed by atoms with E-state index < -0.39 is 38.6 Å². The van der Waals surface area contributed by atoms with Crippen molar-refractivity contribution in [3.8, 4) is 0 Å². The van der Waals surface area contributed by atoms with E-state index >= 15 is 0 Å². The number of halogens is 2. The molecule has 1 fully saturated rings. The Morgan fingerprint density at radius 1 is 0.947 bits per heavy atom. The first-order valence-electron chi connectivity index (χ1n) is 19.5. The first kappa shape index (κ1) is 37.2. The summed E-state index contributed by atoms with van der Waals surface area (Å²) in [5.41, 5.74) is 7.47. The van der Waals surface area contributed by atoms with Gasteiger partial charge in [-0.2, -0.15) is 8.99 Å². The van der Waals surface area contributed by atoms with E-state index in [9.17, 15) is 26.8 Å². The van der Waals surface area contributed by atoms with E-state index in [-0.39, 0.29) is 43.4 Å². The van der Waals surface area contributed by atoms with Crippen LogP contribution < -0.4 is 10.6 Å². The number of carbonyl (C=O) groups is 2. The molecule has 57 heavy (non-hydrogen) atoms. The molecular formula is C43H42F2N6O5S. The Bertz CT molecular complexity index is 2580. The molecule has 1 aromatic heterocycles. The Labute approximate surface area is 329 Å². The maximum absolute atomic E-state index is 14.5. The van der Waals surface area contributed by atoms with Crippen molar-refractivity contribution in [1.29, 1.82) is 0 Å². The molecule has 3 heterocycles. The average Bonchev–Trinajstić information content (AvgIpc) is 3.85. The van der Waals surface area contributed by atoms with Gasteiger partial charge in [-0.05, 0) is 115 Å². The van der Waals surface area contributed by atoms with Gasteiger partial charge in [0.25, 0.3) is 5.91 Å². The lowest BCUT2D eigenvalue weighted by atomic mass is 9.74. The van der Waals surface area contributed by atoms with Crippen LogP contribution in [0.15, 0.2) is 77.3 Å². The largest absolute Gasteiger partial charge is 0.448 e. The summed E-state index contributed by atoms with van der Waals surface area (Å²) < 4.78 is 63.0. The van der Waals surface area contributed by atoms with Gasteiger partial charge in [0.15, 0.2) is 5.82 Å². The van der Waals surface area contributed by atoms with Gasteiger partial charge < -0.3 is 15.4 Å². The molecule has 4 aromatic carbocycles. The van der Waals surface area contributed by atoms with Crippen LogP contribution in [0.3, 0.4) is 0 Å². The first-order valence-corrected chi connectivity index (χ1v) is 21.0. The zero-order valence-corrected chi connectivity index (χ0v) is 32.3. The molecule has 4 aliphatic rings. The number of amides is 1. The molecule has 294 valence electrons. The zero-order chi connectivity index (χ0) is 39.4. The molecule has 1 atom stereocenters. The highest BCUT2D eigenvalue weighted by Crippen LogP contribution is 2.46. The quantitative estimate of drug-likeness (QED) is 0.155. The Morgan fingerprint density at radius 3 is 2.54 bits per heavy atom. The zero-order valence-electron chi connectivity index (χ0n) is 31.5. The number of benzene rings is 4. The van der Waals surface area contributed by atoms with Crippen LogP contribution in [0.5, 0.6) is 0 Å². The van der Waals surface area contributed by atoms with Crippen LogP contribution in [-0.2, 0) is 40.7 Å². The normalized spacial score (nSPS) is 17.9. The monoisotopic (exact) mass is 792 g/mol. The summed E-state index contributed by atoms with van der Waals surface area (Å²) >= 11 is 0. The minimum atomic E-state index is -4.38. The van der Waals surface area contributed by atoms with Crippen LogP contribution in [0.1, 0.15) is 82.4 Å². The van der Waals surface area contributed by atoms with Gasteiger partial charge in [0, 0.05) is 49.3 Å². The number of allylic oxidation sites excluding steroid dienone is 1. The number of carbonyl (C=O) groups excluding carboxylic acids is 2. The smallest absolute Gasteiger partial charge is 0.434 e. The molecule has 11 nitrogen and oxygen atoms in total. The van der Waals surface area contributed by atoms with Crippen molar-refractivity contribution in [2.45, 2.75) is 69.4 Å². The number of hydrogen-bond donors (Lipinski definition) is 2. The predicted molar refractivity (Wildman–Crippen MR) is 212 cm³/mol. The third-order valence-corrected chi connectivity index (χ3v) is 13.4. The molecule has 2 aliphatic heterocycles. The maximum atomic E-state index is 14.5. The Balaban J connectivity index is 1.08. The second-order valence-corrected chi connectivity index (χ2v) is 17.1. The lowest BCUT2D eigenvalue weighted by Gasteiger charge is -2.34. The van der Waals surface area contributed by atoms with Gasteiger partial charge in [0.1, 0.15) is 11.6 Å². The van der Waals surface area contributed by atoms with E-state index in [0.29, 0.717) is 23.0 Å². The second kappa shape index (κ2) is 14.8. The molecule has 5 aromatic rings. The molecule has 0 saturated carbocycles. The minimum Gasteiger partial charge on any atom is -0.448 e. The molecular weight excluding hydrogens is 751 g/mol. The lowest BCUT2D eigenvalue weighted by molar-refractivity contribution is 0.102. The van der Waals surface area contributed by atoms with E-state index in [0.717, 1.165) is 89.7 Å². The number of nitrogens with zero attached hydrogens (tertiary/aromatic N) is 4. The maximum Gasteiger partial charge on any atom is 0.434 e. The summed E-state index contributed by atoms with van der Waals surface area (Å²) in [5, 5.41) is 13.5. The lowest BCUT2D eigenvalue weighted by Crippen LogP contribution is -2.37. The predicted octanol–water partition coefficient (Wildman–Crippen LogP) is 7.80. The fourth-order valence-corrected chi connectivity index (χ4v) is 10.4. The number of fused-ring (bicyclic) bond motifs is 1. The number of likely N-dealkylation sites (tertiary alicyclic amines) is 1. The molecule has 2 aliphatic carbocycles. The number of aromatic nitrogens is 2. The topological polar surface area (TPSA) is 126 Å². The van der Waals surface area contributed by atoms with E-state index in [1.807, 2.05) is 12.1 Å². The minimum absolute atomic E-state index is 0.0186. The van der Waals surface area contributed by atoms with E-state index in [2.05, 4.69) is 57.0 Å². The van der Waals surface area contributed by atoms with Gasteiger partial charge in [0.05, 0.1) is 28.4 Å². The third-order valence-electron chi connectivity index (χ3n) is 11.6. The highest BCUT2D eigenvalue weighted by Gasteiger charge is 2.36. The fraction of sp³-hybridized carbons (Fsp3) is 0.326. The SMILES string of the molecule is CCOC(=O)n1nc(NC(=O)c2ccc(CN3CCCC3)cc2NC2=Cc3cccc4ccc5c(c34)C2CCC5)c2c1CCN(S(=O)(=O)c1cc(F)cc(F)c1)C2. The van der Waals surface area contributed by atoms with Crippen LogP contribution in [0.2, 0.25) is 0 Å². The number of anilines is 2. The van der Waals surface area contributed by atoms with E-state index in [1.54, 1.807) is 13.0 Å². The summed E-state index contributed by atoms with van der Waals surface area (Å²) in [5.74, 6) is -2.47. The van der Waals surface area contributed by atoms with Crippen molar-refractivity contribution < 1.29 is 31.5 Å². The molecule has 0 bridgehead atoms. The summed E-state index contributed by atoms with van der Waals surface area (Å²) in [7, 11) is -4.38. The van der Waals surface area contributed by atoms with Crippen molar-refractivity contribution in [2.75, 3.05) is 36.9 Å². The highest BCUT2D eigenvalue weighted by molar-refractivity contribution is 7.89. The summed E-state index contributed by atoms with van der Waals surface area (Å²) in [6.45, 7) is 4.06. The van der Waals surface area contributed by atoms with Gasteiger partial charge in [-0.1, -0.05) is 36.4 Å². The van der Waals surface area contributed by atoms with Crippen molar-refractivity contribution in [3.63, 3.8) is 0 Å². The van der Waals surface area contributed by atoms with Gasteiger partial charge in [-0.25, -0.2) is 22.0 Å². The van der Waals surface area contributed by atoms with E-state index in [4.69, 9.17) is 4.74 Å². The number of nitrogens with one attached hydrogen (secondary N) is 2.